The lowest BCUT2D eigenvalue weighted by Gasteiger charge is -2.09. The number of hydrogen-bond acceptors (Lipinski definition) is 2. The van der Waals surface area contributed by atoms with E-state index in [9.17, 15) is 0 Å². The van der Waals surface area contributed by atoms with E-state index >= 15 is 0 Å². The fraction of sp³-hybridized carbons (Fsp3) is 0.625. The smallest absolute Gasteiger partial charge is 0.0981 e. The molecule has 0 heterocycles. The zero-order chi connectivity index (χ0) is 7.82. The summed E-state index contributed by atoms with van der Waals surface area (Å²) >= 11 is 0. The largest absolute Gasteiger partial charge is 0.333 e. The van der Waals surface area contributed by atoms with Gasteiger partial charge in [-0.2, -0.15) is 5.26 Å². The molecule has 54 valence electrons. The van der Waals surface area contributed by atoms with Crippen LogP contribution >= 0.6 is 0 Å². The van der Waals surface area contributed by atoms with Crippen molar-refractivity contribution in [1.29, 1.82) is 5.26 Å². The van der Waals surface area contributed by atoms with Gasteiger partial charge in [-0.25, -0.2) is 0 Å². The lowest BCUT2D eigenvalue weighted by molar-refractivity contribution is 0.444. The van der Waals surface area contributed by atoms with Crippen LogP contribution in [0.15, 0.2) is 0 Å². The van der Waals surface area contributed by atoms with Crippen molar-refractivity contribution >= 4 is 0 Å². The molecular weight excluding hydrogens is 124 g/mol. The highest BCUT2D eigenvalue weighted by Gasteiger charge is 1.86. The second kappa shape index (κ2) is 5.98. The van der Waals surface area contributed by atoms with Gasteiger partial charge in [-0.15, -0.1) is 0 Å². The second-order valence-electron chi connectivity index (χ2n) is 1.80. The zero-order valence-corrected chi connectivity index (χ0v) is 6.52. The molecule has 0 bridgehead atoms. The molecule has 0 spiro atoms. The van der Waals surface area contributed by atoms with E-state index in [1.807, 2.05) is 24.8 Å². The van der Waals surface area contributed by atoms with E-state index in [0.717, 1.165) is 13.1 Å². The predicted octanol–water partition coefficient (Wildman–Crippen LogP) is 1.20. The molecule has 0 aliphatic rings. The summed E-state index contributed by atoms with van der Waals surface area (Å²) in [6.07, 6.45) is 0.330. The normalized spacial score (nSPS) is 7.30. The number of hydrogen-bond donors (Lipinski definition) is 0. The highest BCUT2D eigenvalue weighted by molar-refractivity contribution is 5.03. The molecule has 0 fully saturated rings. The van der Waals surface area contributed by atoms with Crippen molar-refractivity contribution in [1.82, 2.24) is 4.90 Å². The Bertz CT molecular complexity index is 164. The molecule has 0 saturated carbocycles. The van der Waals surface area contributed by atoms with Crippen LogP contribution in [-0.4, -0.2) is 18.0 Å². The van der Waals surface area contributed by atoms with Gasteiger partial charge in [0.1, 0.15) is 0 Å². The van der Waals surface area contributed by atoms with Gasteiger partial charge in [0, 0.05) is 19.1 Å². The molecule has 0 atom stereocenters. The first-order valence-corrected chi connectivity index (χ1v) is 3.45. The minimum Gasteiger partial charge on any atom is -0.333 e. The molecule has 0 radical (unpaired) electrons. The van der Waals surface area contributed by atoms with Gasteiger partial charge < -0.3 is 4.90 Å². The molecule has 0 aromatic rings. The summed E-state index contributed by atoms with van der Waals surface area (Å²) in [5.41, 5.74) is 0. The molecule has 0 saturated heterocycles. The van der Waals surface area contributed by atoms with E-state index < -0.39 is 0 Å². The van der Waals surface area contributed by atoms with Gasteiger partial charge in [0.05, 0.1) is 12.5 Å². The highest BCUT2D eigenvalue weighted by Crippen LogP contribution is 1.81. The molecule has 0 amide bonds. The van der Waals surface area contributed by atoms with Crippen molar-refractivity contribution in [2.45, 2.75) is 20.3 Å². The van der Waals surface area contributed by atoms with Crippen LogP contribution in [0.1, 0.15) is 20.3 Å². The zero-order valence-electron chi connectivity index (χ0n) is 6.52. The minimum absolute atomic E-state index is 0.330. The Balaban J connectivity index is 3.65. The molecule has 0 aromatic carbocycles. The van der Waals surface area contributed by atoms with E-state index in [4.69, 9.17) is 5.26 Å². The summed E-state index contributed by atoms with van der Waals surface area (Å²) in [6.45, 7) is 5.94. The average molecular weight is 136 g/mol. The van der Waals surface area contributed by atoms with Gasteiger partial charge in [0.25, 0.3) is 0 Å². The standard InChI is InChI=1S/C8H12N2/c1-3-10(4-2)8-6-5-7-9/h3-5H2,1-2H3. The van der Waals surface area contributed by atoms with Gasteiger partial charge in [-0.1, -0.05) is 5.92 Å². The maximum Gasteiger partial charge on any atom is 0.0981 e. The third-order valence-corrected chi connectivity index (χ3v) is 1.17. The highest BCUT2D eigenvalue weighted by atomic mass is 15.1. The van der Waals surface area contributed by atoms with Gasteiger partial charge in [0.2, 0.25) is 0 Å². The number of nitrogens with zero attached hydrogens (tertiary/aromatic N) is 2. The van der Waals surface area contributed by atoms with E-state index in [0.29, 0.717) is 6.42 Å². The molecule has 0 N–H and O–H groups in total. The van der Waals surface area contributed by atoms with E-state index in [1.165, 1.54) is 0 Å². The Labute approximate surface area is 62.4 Å². The quantitative estimate of drug-likeness (QED) is 0.421. The van der Waals surface area contributed by atoms with Crippen LogP contribution in [-0.2, 0) is 0 Å². The monoisotopic (exact) mass is 136 g/mol. The second-order valence-corrected chi connectivity index (χ2v) is 1.80. The van der Waals surface area contributed by atoms with E-state index in [2.05, 4.69) is 12.0 Å². The maximum absolute atomic E-state index is 8.15. The lowest BCUT2D eigenvalue weighted by Crippen LogP contribution is -2.15. The Morgan fingerprint density at radius 3 is 2.30 bits per heavy atom. The average Bonchev–Trinajstić information content (AvgIpc) is 1.99. The van der Waals surface area contributed by atoms with Crippen LogP contribution in [0.25, 0.3) is 0 Å². The summed E-state index contributed by atoms with van der Waals surface area (Å²) in [4.78, 5) is 1.97. The van der Waals surface area contributed by atoms with Gasteiger partial charge in [-0.3, -0.25) is 0 Å². The molecule has 10 heavy (non-hydrogen) atoms. The van der Waals surface area contributed by atoms with Crippen molar-refractivity contribution in [2.75, 3.05) is 13.1 Å². The third-order valence-electron chi connectivity index (χ3n) is 1.17. The minimum atomic E-state index is 0.330. The Kier molecular flexibility index (Phi) is 5.29. The fourth-order valence-electron chi connectivity index (χ4n) is 0.573. The summed E-state index contributed by atoms with van der Waals surface area (Å²) in [7, 11) is 0. The first-order chi connectivity index (χ1) is 4.85. The molecule has 2 heteroatoms. The summed E-state index contributed by atoms with van der Waals surface area (Å²) in [5.74, 6) is 2.75. The van der Waals surface area contributed by atoms with Crippen LogP contribution < -0.4 is 0 Å². The summed E-state index contributed by atoms with van der Waals surface area (Å²) < 4.78 is 0. The molecule has 0 rings (SSSR count). The molecule has 0 aliphatic heterocycles. The SMILES string of the molecule is CCN(C#CCC#N)CC. The fourth-order valence-corrected chi connectivity index (χ4v) is 0.573. The van der Waals surface area contributed by atoms with Crippen molar-refractivity contribution in [3.8, 4) is 18.0 Å². The Morgan fingerprint density at radius 1 is 1.30 bits per heavy atom. The maximum atomic E-state index is 8.15. The van der Waals surface area contributed by atoms with Gasteiger partial charge in [0.15, 0.2) is 0 Å². The third kappa shape index (κ3) is 3.80. The first-order valence-electron chi connectivity index (χ1n) is 3.45. The van der Waals surface area contributed by atoms with Crippen molar-refractivity contribution in [3.63, 3.8) is 0 Å². The molecule has 2 nitrogen and oxygen atoms in total. The lowest BCUT2D eigenvalue weighted by atomic mass is 10.5. The van der Waals surface area contributed by atoms with Crippen LogP contribution in [0.2, 0.25) is 0 Å². The van der Waals surface area contributed by atoms with Crippen LogP contribution in [0, 0.1) is 23.3 Å². The Morgan fingerprint density at radius 2 is 1.90 bits per heavy atom. The van der Waals surface area contributed by atoms with Crippen molar-refractivity contribution < 1.29 is 0 Å². The predicted molar refractivity (Wildman–Crippen MR) is 40.9 cm³/mol. The summed E-state index contributed by atoms with van der Waals surface area (Å²) in [6, 6.07) is 4.85. The summed E-state index contributed by atoms with van der Waals surface area (Å²) in [5, 5.41) is 8.15. The number of nitriles is 1. The van der Waals surface area contributed by atoms with E-state index in [1.54, 1.807) is 0 Å². The van der Waals surface area contributed by atoms with Gasteiger partial charge >= 0.3 is 0 Å². The van der Waals surface area contributed by atoms with Crippen LogP contribution in [0.5, 0.6) is 0 Å². The number of rotatable bonds is 2. The topological polar surface area (TPSA) is 27.0 Å². The van der Waals surface area contributed by atoms with Crippen LogP contribution in [0.3, 0.4) is 0 Å². The van der Waals surface area contributed by atoms with Crippen LogP contribution in [0.4, 0.5) is 0 Å². The van der Waals surface area contributed by atoms with E-state index in [-0.39, 0.29) is 0 Å². The van der Waals surface area contributed by atoms with Gasteiger partial charge in [-0.05, 0) is 13.8 Å². The van der Waals surface area contributed by atoms with Crippen molar-refractivity contribution in [3.05, 3.63) is 0 Å². The van der Waals surface area contributed by atoms with Crippen molar-refractivity contribution in [2.24, 2.45) is 0 Å². The Hall–Kier alpha value is -1.15. The molecule has 0 aliphatic carbocycles. The first kappa shape index (κ1) is 8.85. The molecule has 0 unspecified atom stereocenters. The molecular formula is C8H12N2. The molecule has 0 aromatic heterocycles.